The smallest absolute Gasteiger partial charge is 0.255 e. The van der Waals surface area contributed by atoms with Crippen molar-refractivity contribution in [2.75, 3.05) is 18.0 Å². The number of piperidine rings is 1. The molecule has 2 aromatic heterocycles. The average Bonchev–Trinajstić information content (AvgIpc) is 2.76. The average molecular weight is 266 g/mol. The van der Waals surface area contributed by atoms with Crippen molar-refractivity contribution in [1.29, 1.82) is 0 Å². The number of halogens is 1. The largest absolute Gasteiger partial charge is 0.356 e. The van der Waals surface area contributed by atoms with Crippen LogP contribution in [0.2, 0.25) is 5.15 Å². The molecule has 0 amide bonds. The molecule has 1 aliphatic rings. The molecule has 6 heteroatoms. The zero-order valence-electron chi connectivity index (χ0n) is 10.6. The van der Waals surface area contributed by atoms with E-state index in [1.807, 2.05) is 6.07 Å². The van der Waals surface area contributed by atoms with E-state index in [4.69, 9.17) is 11.6 Å². The molecule has 0 aromatic carbocycles. The summed E-state index contributed by atoms with van der Waals surface area (Å²) in [6.45, 7) is 6.66. The van der Waals surface area contributed by atoms with Crippen molar-refractivity contribution in [3.63, 3.8) is 0 Å². The van der Waals surface area contributed by atoms with Gasteiger partial charge in [-0.2, -0.15) is 19.6 Å². The maximum atomic E-state index is 6.04. The minimum atomic E-state index is 0.425. The number of aromatic nitrogens is 4. The van der Waals surface area contributed by atoms with Crippen LogP contribution in [0.1, 0.15) is 26.7 Å². The molecule has 0 atom stereocenters. The Morgan fingerprint density at radius 3 is 2.72 bits per heavy atom. The monoisotopic (exact) mass is 265 g/mol. The van der Waals surface area contributed by atoms with Crippen molar-refractivity contribution in [2.45, 2.75) is 26.7 Å². The number of hydrogen-bond acceptors (Lipinski definition) is 4. The Bertz CT molecular complexity index is 567. The Hall–Kier alpha value is -1.36. The molecule has 0 spiro atoms. The van der Waals surface area contributed by atoms with E-state index in [1.54, 1.807) is 4.52 Å². The summed E-state index contributed by atoms with van der Waals surface area (Å²) >= 11 is 6.04. The van der Waals surface area contributed by atoms with Gasteiger partial charge >= 0.3 is 0 Å². The second kappa shape index (κ2) is 4.09. The summed E-state index contributed by atoms with van der Waals surface area (Å²) in [5, 5.41) is 4.68. The van der Waals surface area contributed by atoms with Crippen LogP contribution in [-0.4, -0.2) is 32.7 Å². The molecule has 3 rings (SSSR count). The molecule has 0 N–H and O–H groups in total. The number of fused-ring (bicyclic) bond motifs is 1. The highest BCUT2D eigenvalue weighted by Gasteiger charge is 2.26. The van der Waals surface area contributed by atoms with Gasteiger partial charge in [0.05, 0.1) is 0 Å². The summed E-state index contributed by atoms with van der Waals surface area (Å²) in [5.41, 5.74) is 0.425. The van der Waals surface area contributed by atoms with Gasteiger partial charge < -0.3 is 4.90 Å². The van der Waals surface area contributed by atoms with E-state index < -0.39 is 0 Å². The van der Waals surface area contributed by atoms with Crippen LogP contribution in [0, 0.1) is 5.41 Å². The van der Waals surface area contributed by atoms with Gasteiger partial charge in [0.25, 0.3) is 5.78 Å². The lowest BCUT2D eigenvalue weighted by Crippen LogP contribution is -2.38. The van der Waals surface area contributed by atoms with Crippen molar-refractivity contribution in [1.82, 2.24) is 19.6 Å². The minimum Gasteiger partial charge on any atom is -0.356 e. The van der Waals surface area contributed by atoms with Gasteiger partial charge in [0.1, 0.15) is 17.3 Å². The summed E-state index contributed by atoms with van der Waals surface area (Å²) in [7, 11) is 0. The normalized spacial score (nSPS) is 19.4. The maximum Gasteiger partial charge on any atom is 0.255 e. The van der Waals surface area contributed by atoms with E-state index in [1.165, 1.54) is 19.2 Å². The third-order valence-corrected chi connectivity index (χ3v) is 3.84. The summed E-state index contributed by atoms with van der Waals surface area (Å²) in [6, 6.07) is 1.86. The van der Waals surface area contributed by atoms with E-state index in [0.29, 0.717) is 16.3 Å². The molecular weight excluding hydrogens is 250 g/mol. The fourth-order valence-corrected chi connectivity index (χ4v) is 2.51. The molecule has 2 aromatic rings. The summed E-state index contributed by atoms with van der Waals surface area (Å²) in [4.78, 5) is 10.5. The van der Waals surface area contributed by atoms with Crippen molar-refractivity contribution in [3.8, 4) is 0 Å². The molecular formula is C12H16ClN5. The predicted octanol–water partition coefficient (Wildman–Crippen LogP) is 2.40. The van der Waals surface area contributed by atoms with Gasteiger partial charge in [0, 0.05) is 19.2 Å². The van der Waals surface area contributed by atoms with Gasteiger partial charge in [-0.25, -0.2) is 0 Å². The van der Waals surface area contributed by atoms with E-state index in [0.717, 1.165) is 18.9 Å². The van der Waals surface area contributed by atoms with Crippen LogP contribution in [0.3, 0.4) is 0 Å². The molecule has 1 saturated heterocycles. The van der Waals surface area contributed by atoms with Crippen molar-refractivity contribution < 1.29 is 0 Å². The topological polar surface area (TPSA) is 46.3 Å². The lowest BCUT2D eigenvalue weighted by molar-refractivity contribution is 0.278. The van der Waals surface area contributed by atoms with Gasteiger partial charge in [-0.05, 0) is 18.3 Å². The third-order valence-electron chi connectivity index (χ3n) is 3.64. The van der Waals surface area contributed by atoms with Crippen molar-refractivity contribution >= 4 is 23.2 Å². The third kappa shape index (κ3) is 2.03. The second-order valence-corrected chi connectivity index (χ2v) is 5.95. The zero-order chi connectivity index (χ0) is 12.8. The van der Waals surface area contributed by atoms with Crippen molar-refractivity contribution in [2.24, 2.45) is 5.41 Å². The Kier molecular flexibility index (Phi) is 2.66. The lowest BCUT2D eigenvalue weighted by Gasteiger charge is -2.37. The zero-order valence-corrected chi connectivity index (χ0v) is 11.4. The van der Waals surface area contributed by atoms with E-state index >= 15 is 0 Å². The molecule has 0 radical (unpaired) electrons. The highest BCUT2D eigenvalue weighted by Crippen LogP contribution is 2.32. The number of hydrogen-bond donors (Lipinski definition) is 0. The number of nitrogens with zero attached hydrogens (tertiary/aromatic N) is 5. The van der Waals surface area contributed by atoms with E-state index in [-0.39, 0.29) is 0 Å². The summed E-state index contributed by atoms with van der Waals surface area (Å²) in [6.07, 6.45) is 3.85. The lowest BCUT2D eigenvalue weighted by atomic mass is 9.83. The van der Waals surface area contributed by atoms with Gasteiger partial charge in [0.2, 0.25) is 0 Å². The van der Waals surface area contributed by atoms with Gasteiger partial charge in [-0.3, -0.25) is 0 Å². The van der Waals surface area contributed by atoms with E-state index in [2.05, 4.69) is 33.8 Å². The van der Waals surface area contributed by atoms with Gasteiger partial charge in [-0.1, -0.05) is 25.4 Å². The Labute approximate surface area is 111 Å². The highest BCUT2D eigenvalue weighted by molar-refractivity contribution is 6.29. The standard InChI is InChI=1S/C12H16ClN5/c1-12(2)3-5-17(6-4-12)10-7-9(13)16-11-14-8-15-18(10)11/h7-8H,3-6H2,1-2H3. The van der Waals surface area contributed by atoms with Crippen LogP contribution in [-0.2, 0) is 0 Å². The first kappa shape index (κ1) is 11.7. The molecule has 1 aliphatic heterocycles. The minimum absolute atomic E-state index is 0.425. The molecule has 1 fully saturated rings. The molecule has 0 saturated carbocycles. The van der Waals surface area contributed by atoms with Gasteiger partial charge in [0.15, 0.2) is 0 Å². The number of anilines is 1. The van der Waals surface area contributed by atoms with Gasteiger partial charge in [-0.15, -0.1) is 0 Å². The quantitative estimate of drug-likeness (QED) is 0.743. The van der Waals surface area contributed by atoms with Crippen LogP contribution < -0.4 is 4.90 Å². The Morgan fingerprint density at radius 2 is 2.00 bits per heavy atom. The molecule has 0 bridgehead atoms. The Morgan fingerprint density at radius 1 is 1.28 bits per heavy atom. The molecule has 0 unspecified atom stereocenters. The van der Waals surface area contributed by atoms with Crippen LogP contribution in [0.4, 0.5) is 5.82 Å². The van der Waals surface area contributed by atoms with Crippen LogP contribution in [0.5, 0.6) is 0 Å². The predicted molar refractivity (Wildman–Crippen MR) is 71.0 cm³/mol. The van der Waals surface area contributed by atoms with Crippen molar-refractivity contribution in [3.05, 3.63) is 17.5 Å². The molecule has 5 nitrogen and oxygen atoms in total. The second-order valence-electron chi connectivity index (χ2n) is 5.56. The molecule has 3 heterocycles. The SMILES string of the molecule is CC1(C)CCN(c2cc(Cl)nc3ncnn23)CC1. The molecule has 96 valence electrons. The molecule has 18 heavy (non-hydrogen) atoms. The maximum absolute atomic E-state index is 6.04. The summed E-state index contributed by atoms with van der Waals surface area (Å²) in [5.74, 6) is 1.54. The van der Waals surface area contributed by atoms with Crippen LogP contribution in [0.15, 0.2) is 12.4 Å². The number of rotatable bonds is 1. The first-order chi connectivity index (χ1) is 8.55. The fourth-order valence-electron chi connectivity index (χ4n) is 2.34. The first-order valence-electron chi connectivity index (χ1n) is 6.16. The highest BCUT2D eigenvalue weighted by atomic mass is 35.5. The fraction of sp³-hybridized carbons (Fsp3) is 0.583. The molecule has 0 aliphatic carbocycles. The summed E-state index contributed by atoms with van der Waals surface area (Å²) < 4.78 is 1.75. The Balaban J connectivity index is 1.97. The van der Waals surface area contributed by atoms with E-state index in [9.17, 15) is 0 Å². The van der Waals surface area contributed by atoms with Crippen LogP contribution >= 0.6 is 11.6 Å². The van der Waals surface area contributed by atoms with Crippen LogP contribution in [0.25, 0.3) is 5.78 Å². The first-order valence-corrected chi connectivity index (χ1v) is 6.54.